The van der Waals surface area contributed by atoms with Crippen LogP contribution in [0.1, 0.15) is 29.8 Å². The number of hydrogen-bond donors (Lipinski definition) is 1. The lowest BCUT2D eigenvalue weighted by Crippen LogP contribution is -2.44. The quantitative estimate of drug-likeness (QED) is 0.849. The molecule has 0 unspecified atom stereocenters. The molecule has 2 saturated heterocycles. The molecule has 0 aliphatic carbocycles. The smallest absolute Gasteiger partial charge is 0.273 e. The molecule has 0 aromatic carbocycles. The van der Waals surface area contributed by atoms with Crippen molar-refractivity contribution in [3.8, 4) is 0 Å². The van der Waals surface area contributed by atoms with E-state index in [0.717, 1.165) is 52.1 Å². The molecule has 0 bridgehead atoms. The maximum absolute atomic E-state index is 11.9. The predicted molar refractivity (Wildman–Crippen MR) is 76.9 cm³/mol. The molecule has 1 aromatic rings. The summed E-state index contributed by atoms with van der Waals surface area (Å²) in [4.78, 5) is 14.5. The zero-order chi connectivity index (χ0) is 14.7. The normalized spacial score (nSPS) is 24.3. The van der Waals surface area contributed by atoms with E-state index in [1.807, 2.05) is 0 Å². The van der Waals surface area contributed by atoms with Gasteiger partial charge in [0.05, 0.1) is 12.8 Å². The maximum Gasteiger partial charge on any atom is 0.273 e. The number of nitrogens with one attached hydrogen (secondary N) is 1. The van der Waals surface area contributed by atoms with Crippen LogP contribution >= 0.6 is 0 Å². The topological polar surface area (TPSA) is 72.3 Å². The van der Waals surface area contributed by atoms with Crippen molar-refractivity contribution in [3.05, 3.63) is 11.9 Å². The van der Waals surface area contributed by atoms with Gasteiger partial charge in [0.15, 0.2) is 5.69 Å². The molecule has 3 heterocycles. The van der Waals surface area contributed by atoms with E-state index in [0.29, 0.717) is 17.7 Å². The molecule has 2 aliphatic heterocycles. The van der Waals surface area contributed by atoms with Crippen LogP contribution in [0.5, 0.6) is 0 Å². The number of rotatable bonds is 4. The Bertz CT molecular complexity index is 475. The Morgan fingerprint density at radius 1 is 1.43 bits per heavy atom. The van der Waals surface area contributed by atoms with Crippen molar-refractivity contribution < 1.29 is 9.53 Å². The van der Waals surface area contributed by atoms with Crippen molar-refractivity contribution in [1.82, 2.24) is 25.2 Å². The van der Waals surface area contributed by atoms with Crippen molar-refractivity contribution in [2.24, 2.45) is 13.0 Å². The van der Waals surface area contributed by atoms with Crippen LogP contribution in [0.4, 0.5) is 0 Å². The van der Waals surface area contributed by atoms with Gasteiger partial charge in [-0.3, -0.25) is 14.4 Å². The van der Waals surface area contributed by atoms with E-state index in [-0.39, 0.29) is 5.91 Å². The van der Waals surface area contributed by atoms with Crippen LogP contribution in [0.2, 0.25) is 0 Å². The number of amides is 1. The fraction of sp³-hybridized carbons (Fsp3) is 0.786. The second kappa shape index (κ2) is 6.53. The third-order valence-corrected chi connectivity index (χ3v) is 4.46. The highest BCUT2D eigenvalue weighted by Gasteiger charge is 2.27. The van der Waals surface area contributed by atoms with Gasteiger partial charge in [-0.2, -0.15) is 0 Å². The molecule has 1 N–H and O–H groups in total. The predicted octanol–water partition coefficient (Wildman–Crippen LogP) is 0.0458. The summed E-state index contributed by atoms with van der Waals surface area (Å²) in [7, 11) is 1.76. The first-order valence-electron chi connectivity index (χ1n) is 7.68. The van der Waals surface area contributed by atoms with Crippen LogP contribution in [-0.2, 0) is 11.8 Å². The molecule has 1 aromatic heterocycles. The van der Waals surface area contributed by atoms with Gasteiger partial charge in [0, 0.05) is 26.2 Å². The Balaban J connectivity index is 1.40. The lowest BCUT2D eigenvalue weighted by atomic mass is 9.95. The summed E-state index contributed by atoms with van der Waals surface area (Å²) in [6.45, 7) is 4.73. The Morgan fingerprint density at radius 3 is 2.86 bits per heavy atom. The first-order chi connectivity index (χ1) is 10.2. The van der Waals surface area contributed by atoms with Gasteiger partial charge in [0.25, 0.3) is 5.91 Å². The van der Waals surface area contributed by atoms with Gasteiger partial charge in [-0.05, 0) is 38.3 Å². The molecule has 0 spiro atoms. The third-order valence-electron chi connectivity index (χ3n) is 4.46. The molecular formula is C14H23N5O2. The second-order valence-electron chi connectivity index (χ2n) is 5.98. The highest BCUT2D eigenvalue weighted by atomic mass is 16.5. The number of likely N-dealkylation sites (tertiary alicyclic amines) is 1. The minimum atomic E-state index is -0.130. The Morgan fingerprint density at radius 2 is 2.24 bits per heavy atom. The number of aromatic nitrogens is 3. The molecule has 116 valence electrons. The highest BCUT2D eigenvalue weighted by molar-refractivity contribution is 5.91. The Hall–Kier alpha value is -1.47. The van der Waals surface area contributed by atoms with Crippen molar-refractivity contribution in [3.63, 3.8) is 0 Å². The van der Waals surface area contributed by atoms with Gasteiger partial charge in [-0.15, -0.1) is 5.10 Å². The van der Waals surface area contributed by atoms with Crippen LogP contribution in [0.15, 0.2) is 6.20 Å². The number of carbonyl (C=O) groups is 1. The highest BCUT2D eigenvalue weighted by Crippen LogP contribution is 2.21. The summed E-state index contributed by atoms with van der Waals surface area (Å²) in [5, 5.41) is 10.6. The van der Waals surface area contributed by atoms with Gasteiger partial charge < -0.3 is 10.1 Å². The van der Waals surface area contributed by atoms with Gasteiger partial charge in [-0.1, -0.05) is 5.21 Å². The van der Waals surface area contributed by atoms with E-state index in [1.165, 1.54) is 4.68 Å². The zero-order valence-electron chi connectivity index (χ0n) is 12.5. The van der Waals surface area contributed by atoms with E-state index >= 15 is 0 Å². The van der Waals surface area contributed by atoms with Crippen molar-refractivity contribution in [2.75, 3.05) is 32.8 Å². The van der Waals surface area contributed by atoms with E-state index in [1.54, 1.807) is 13.2 Å². The number of ether oxygens (including phenoxy) is 1. The number of aryl methyl sites for hydroxylation is 1. The lowest BCUT2D eigenvalue weighted by Gasteiger charge is -2.35. The van der Waals surface area contributed by atoms with E-state index in [9.17, 15) is 4.79 Å². The fourth-order valence-electron chi connectivity index (χ4n) is 3.11. The average Bonchev–Trinajstić information content (AvgIpc) is 3.16. The fourth-order valence-corrected chi connectivity index (χ4v) is 3.11. The van der Waals surface area contributed by atoms with Crippen molar-refractivity contribution in [2.45, 2.75) is 25.3 Å². The Kier molecular flexibility index (Phi) is 4.50. The van der Waals surface area contributed by atoms with Crippen molar-refractivity contribution in [1.29, 1.82) is 0 Å². The first kappa shape index (κ1) is 14.5. The lowest BCUT2D eigenvalue weighted by molar-refractivity contribution is 0.0906. The zero-order valence-corrected chi connectivity index (χ0v) is 12.5. The standard InChI is InChI=1S/C14H23N5O2/c1-18-9-13(16-17-18)14(20)15-8-11-2-5-19(6-3-11)12-4-7-21-10-12/h9,11-12H,2-8,10H2,1H3,(H,15,20)/t12-/m0/s1. The van der Waals surface area contributed by atoms with Gasteiger partial charge in [0.2, 0.25) is 0 Å². The summed E-state index contributed by atoms with van der Waals surface area (Å²) in [6, 6.07) is 0.611. The minimum absolute atomic E-state index is 0.130. The molecule has 7 heteroatoms. The molecule has 7 nitrogen and oxygen atoms in total. The number of piperidine rings is 1. The van der Waals surface area contributed by atoms with Crippen LogP contribution in [0.25, 0.3) is 0 Å². The average molecular weight is 293 g/mol. The summed E-state index contributed by atoms with van der Waals surface area (Å²) in [5.74, 6) is 0.430. The number of carbonyl (C=O) groups excluding carboxylic acids is 1. The second-order valence-corrected chi connectivity index (χ2v) is 5.98. The van der Waals surface area contributed by atoms with Gasteiger partial charge in [0.1, 0.15) is 0 Å². The summed E-state index contributed by atoms with van der Waals surface area (Å²) >= 11 is 0. The molecule has 3 rings (SSSR count). The van der Waals surface area contributed by atoms with Crippen LogP contribution in [-0.4, -0.2) is 64.7 Å². The third kappa shape index (κ3) is 3.59. The molecule has 21 heavy (non-hydrogen) atoms. The summed E-state index contributed by atoms with van der Waals surface area (Å²) < 4.78 is 6.99. The van der Waals surface area contributed by atoms with Crippen LogP contribution in [0.3, 0.4) is 0 Å². The monoisotopic (exact) mass is 293 g/mol. The minimum Gasteiger partial charge on any atom is -0.380 e. The molecular weight excluding hydrogens is 270 g/mol. The summed E-state index contributed by atoms with van der Waals surface area (Å²) in [5.41, 5.74) is 0.387. The van der Waals surface area contributed by atoms with Gasteiger partial charge in [-0.25, -0.2) is 0 Å². The number of nitrogens with zero attached hydrogens (tertiary/aromatic N) is 4. The summed E-state index contributed by atoms with van der Waals surface area (Å²) in [6.07, 6.45) is 5.07. The van der Waals surface area contributed by atoms with Crippen LogP contribution < -0.4 is 5.32 Å². The largest absolute Gasteiger partial charge is 0.380 e. The molecule has 0 saturated carbocycles. The molecule has 0 radical (unpaired) electrons. The van der Waals surface area contributed by atoms with Gasteiger partial charge >= 0.3 is 0 Å². The first-order valence-corrected chi connectivity index (χ1v) is 7.68. The van der Waals surface area contributed by atoms with E-state index in [2.05, 4.69) is 20.5 Å². The SMILES string of the molecule is Cn1cc(C(=O)NCC2CCN([C@H]3CCOC3)CC2)nn1. The van der Waals surface area contributed by atoms with Crippen LogP contribution in [0, 0.1) is 5.92 Å². The van der Waals surface area contributed by atoms with E-state index in [4.69, 9.17) is 4.74 Å². The molecule has 2 fully saturated rings. The van der Waals surface area contributed by atoms with E-state index < -0.39 is 0 Å². The molecule has 1 amide bonds. The number of hydrogen-bond acceptors (Lipinski definition) is 5. The van der Waals surface area contributed by atoms with Crippen molar-refractivity contribution >= 4 is 5.91 Å². The Labute approximate surface area is 124 Å². The maximum atomic E-state index is 11.9. The molecule has 2 aliphatic rings. The molecule has 1 atom stereocenters.